The third kappa shape index (κ3) is 3.04. The van der Waals surface area contributed by atoms with Gasteiger partial charge in [0.2, 0.25) is 10.0 Å². The molecule has 0 spiro atoms. The Morgan fingerprint density at radius 3 is 2.68 bits per heavy atom. The van der Waals surface area contributed by atoms with Gasteiger partial charge in [-0.25, -0.2) is 13.1 Å². The number of aliphatic hydroxyl groups excluding tert-OH is 1. The monoisotopic (exact) mass is 281 g/mol. The van der Waals surface area contributed by atoms with Crippen molar-refractivity contribution in [1.29, 1.82) is 5.26 Å². The van der Waals surface area contributed by atoms with Gasteiger partial charge in [0.25, 0.3) is 0 Å². The Hall–Kier alpha value is -1.62. The van der Waals surface area contributed by atoms with Crippen LogP contribution in [-0.2, 0) is 10.0 Å². The third-order valence-electron chi connectivity index (χ3n) is 3.20. The van der Waals surface area contributed by atoms with Crippen LogP contribution in [0.25, 0.3) is 0 Å². The molecule has 7 heteroatoms. The Labute approximate surface area is 111 Å². The van der Waals surface area contributed by atoms with Crippen molar-refractivity contribution in [3.63, 3.8) is 0 Å². The Balaban J connectivity index is 2.09. The zero-order chi connectivity index (χ0) is 14.0. The molecule has 6 nitrogen and oxygen atoms in total. The highest BCUT2D eigenvalue weighted by molar-refractivity contribution is 7.89. The van der Waals surface area contributed by atoms with Crippen LogP contribution in [0.15, 0.2) is 23.1 Å². The van der Waals surface area contributed by atoms with E-state index in [0.29, 0.717) is 24.9 Å². The summed E-state index contributed by atoms with van der Waals surface area (Å²) in [6.45, 7) is 0.291. The van der Waals surface area contributed by atoms with Gasteiger partial charge < -0.3 is 10.8 Å². The van der Waals surface area contributed by atoms with Crippen LogP contribution in [0.4, 0.5) is 5.69 Å². The molecule has 1 fully saturated rings. The number of sulfonamides is 1. The van der Waals surface area contributed by atoms with Crippen molar-refractivity contribution in [2.45, 2.75) is 23.8 Å². The zero-order valence-electron chi connectivity index (χ0n) is 10.2. The number of nitrogens with zero attached hydrogens (tertiary/aromatic N) is 1. The minimum absolute atomic E-state index is 0.0219. The number of rotatable bonds is 4. The van der Waals surface area contributed by atoms with Crippen molar-refractivity contribution >= 4 is 15.7 Å². The first-order valence-electron chi connectivity index (χ1n) is 5.89. The van der Waals surface area contributed by atoms with Crippen LogP contribution >= 0.6 is 0 Å². The summed E-state index contributed by atoms with van der Waals surface area (Å²) in [4.78, 5) is -0.0219. The van der Waals surface area contributed by atoms with Gasteiger partial charge in [0.15, 0.2) is 0 Å². The molecule has 0 saturated heterocycles. The van der Waals surface area contributed by atoms with E-state index in [9.17, 15) is 8.42 Å². The highest BCUT2D eigenvalue weighted by Gasteiger charge is 2.28. The lowest BCUT2D eigenvalue weighted by molar-refractivity contribution is 0.0453. The fraction of sp³-hybridized carbons (Fsp3) is 0.417. The molecule has 0 heterocycles. The van der Waals surface area contributed by atoms with Crippen LogP contribution < -0.4 is 10.5 Å². The van der Waals surface area contributed by atoms with Gasteiger partial charge in [-0.1, -0.05) is 0 Å². The van der Waals surface area contributed by atoms with E-state index in [1.807, 2.05) is 6.07 Å². The number of benzene rings is 1. The van der Waals surface area contributed by atoms with Crippen LogP contribution in [0.2, 0.25) is 0 Å². The quantitative estimate of drug-likeness (QED) is 0.681. The maximum Gasteiger partial charge on any atom is 0.242 e. The normalized spacial score (nSPS) is 22.5. The van der Waals surface area contributed by atoms with Gasteiger partial charge in [-0.3, -0.25) is 0 Å². The second kappa shape index (κ2) is 5.17. The largest absolute Gasteiger partial charge is 0.398 e. The summed E-state index contributed by atoms with van der Waals surface area (Å²) in [6, 6.07) is 5.97. The molecule has 1 aliphatic rings. The van der Waals surface area contributed by atoms with E-state index in [4.69, 9.17) is 16.1 Å². The molecule has 1 aliphatic carbocycles. The lowest BCUT2D eigenvalue weighted by Gasteiger charge is -2.31. The van der Waals surface area contributed by atoms with E-state index in [1.165, 1.54) is 18.2 Å². The summed E-state index contributed by atoms with van der Waals surface area (Å²) in [6.07, 6.45) is 0.922. The lowest BCUT2D eigenvalue weighted by atomic mass is 9.83. The van der Waals surface area contributed by atoms with E-state index in [0.717, 1.165) is 0 Å². The molecular formula is C12H15N3O3S. The summed E-state index contributed by atoms with van der Waals surface area (Å²) in [7, 11) is -3.67. The van der Waals surface area contributed by atoms with Crippen molar-refractivity contribution in [3.05, 3.63) is 23.8 Å². The van der Waals surface area contributed by atoms with Crippen LogP contribution in [0.5, 0.6) is 0 Å². The molecule has 19 heavy (non-hydrogen) atoms. The number of aliphatic hydroxyl groups is 1. The van der Waals surface area contributed by atoms with Gasteiger partial charge in [-0.2, -0.15) is 5.26 Å². The number of nitrogen functional groups attached to an aromatic ring is 1. The molecule has 0 atom stereocenters. The third-order valence-corrected chi connectivity index (χ3v) is 4.70. The number of hydrogen-bond donors (Lipinski definition) is 3. The summed E-state index contributed by atoms with van der Waals surface area (Å²) in [5.74, 6) is 0.171. The average molecular weight is 281 g/mol. The summed E-state index contributed by atoms with van der Waals surface area (Å²) >= 11 is 0. The fourth-order valence-corrected chi connectivity index (χ4v) is 3.26. The molecule has 1 aromatic carbocycles. The molecular weight excluding hydrogens is 266 g/mol. The van der Waals surface area contributed by atoms with E-state index in [1.54, 1.807) is 0 Å². The second-order valence-corrected chi connectivity index (χ2v) is 6.44. The number of nitrogens with one attached hydrogen (secondary N) is 1. The molecule has 0 amide bonds. The van der Waals surface area contributed by atoms with Gasteiger partial charge in [0.05, 0.1) is 23.4 Å². The van der Waals surface area contributed by atoms with Gasteiger partial charge >= 0.3 is 0 Å². The minimum Gasteiger partial charge on any atom is -0.398 e. The van der Waals surface area contributed by atoms with Crippen LogP contribution in [-0.4, -0.2) is 26.2 Å². The SMILES string of the molecule is N#Cc1ccc(S(=O)(=O)NCC2CC(O)C2)c(N)c1. The molecule has 2 rings (SSSR count). The Kier molecular flexibility index (Phi) is 3.75. The number of anilines is 1. The Bertz CT molecular complexity index is 616. The first-order valence-corrected chi connectivity index (χ1v) is 7.38. The van der Waals surface area contributed by atoms with E-state index in [-0.39, 0.29) is 22.6 Å². The molecule has 102 valence electrons. The molecule has 0 aromatic heterocycles. The van der Waals surface area contributed by atoms with E-state index >= 15 is 0 Å². The van der Waals surface area contributed by atoms with Crippen LogP contribution in [0.1, 0.15) is 18.4 Å². The molecule has 0 radical (unpaired) electrons. The Morgan fingerprint density at radius 2 is 2.16 bits per heavy atom. The number of nitriles is 1. The Morgan fingerprint density at radius 1 is 1.47 bits per heavy atom. The molecule has 1 saturated carbocycles. The van der Waals surface area contributed by atoms with Gasteiger partial charge in [-0.05, 0) is 37.0 Å². The molecule has 0 bridgehead atoms. The van der Waals surface area contributed by atoms with Crippen LogP contribution in [0, 0.1) is 17.2 Å². The van der Waals surface area contributed by atoms with Crippen molar-refractivity contribution in [3.8, 4) is 6.07 Å². The van der Waals surface area contributed by atoms with E-state index in [2.05, 4.69) is 4.72 Å². The molecule has 0 unspecified atom stereocenters. The fourth-order valence-electron chi connectivity index (χ4n) is 2.04. The number of hydrogen-bond acceptors (Lipinski definition) is 5. The van der Waals surface area contributed by atoms with Gasteiger partial charge in [-0.15, -0.1) is 0 Å². The lowest BCUT2D eigenvalue weighted by Crippen LogP contribution is -2.38. The molecule has 1 aromatic rings. The highest BCUT2D eigenvalue weighted by atomic mass is 32.2. The topological polar surface area (TPSA) is 116 Å². The summed E-state index contributed by atoms with van der Waals surface area (Å²) in [5, 5.41) is 17.8. The average Bonchev–Trinajstić information content (AvgIpc) is 2.32. The van der Waals surface area contributed by atoms with Crippen LogP contribution in [0.3, 0.4) is 0 Å². The summed E-state index contributed by atoms with van der Waals surface area (Å²) < 4.78 is 26.6. The van der Waals surface area contributed by atoms with Crippen molar-refractivity contribution in [1.82, 2.24) is 4.72 Å². The summed E-state index contributed by atoms with van der Waals surface area (Å²) in [5.41, 5.74) is 6.02. The maximum atomic E-state index is 12.0. The molecule has 0 aliphatic heterocycles. The smallest absolute Gasteiger partial charge is 0.242 e. The van der Waals surface area contributed by atoms with Crippen molar-refractivity contribution < 1.29 is 13.5 Å². The van der Waals surface area contributed by atoms with Gasteiger partial charge in [0.1, 0.15) is 4.90 Å². The number of nitrogens with two attached hydrogens (primary N) is 1. The van der Waals surface area contributed by atoms with Crippen molar-refractivity contribution in [2.24, 2.45) is 5.92 Å². The standard InChI is InChI=1S/C12H15N3O3S/c13-6-8-1-2-12(11(14)5-8)19(17,18)15-7-9-3-10(16)4-9/h1-2,5,9-10,15-16H,3-4,7,14H2. The van der Waals surface area contributed by atoms with Crippen molar-refractivity contribution in [2.75, 3.05) is 12.3 Å². The second-order valence-electron chi connectivity index (χ2n) is 4.71. The van der Waals surface area contributed by atoms with Gasteiger partial charge in [0, 0.05) is 6.54 Å². The first kappa shape index (κ1) is 13.8. The predicted octanol–water partition coefficient (Wildman–Crippen LogP) is 0.190. The zero-order valence-corrected chi connectivity index (χ0v) is 11.0. The predicted molar refractivity (Wildman–Crippen MR) is 69.5 cm³/mol. The maximum absolute atomic E-state index is 12.0. The van der Waals surface area contributed by atoms with E-state index < -0.39 is 10.0 Å². The minimum atomic E-state index is -3.67. The molecule has 4 N–H and O–H groups in total. The highest BCUT2D eigenvalue weighted by Crippen LogP contribution is 2.27. The first-order chi connectivity index (χ1) is 8.92.